The summed E-state index contributed by atoms with van der Waals surface area (Å²) in [5, 5.41) is 4.27. The number of rotatable bonds is 5. The average Bonchev–Trinajstić information content (AvgIpc) is 3.29. The van der Waals surface area contributed by atoms with Gasteiger partial charge in [-0.1, -0.05) is 11.6 Å². The molecular weight excluding hydrogens is 284 g/mol. The molecule has 5 heteroatoms. The van der Waals surface area contributed by atoms with E-state index in [9.17, 15) is 0 Å². The van der Waals surface area contributed by atoms with Gasteiger partial charge in [-0.3, -0.25) is 0 Å². The number of hydrogen-bond donors (Lipinski definition) is 1. The number of hydrogen-bond acceptors (Lipinski definition) is 4. The molecule has 0 spiro atoms. The molecule has 1 aliphatic heterocycles. The predicted octanol–water partition coefficient (Wildman–Crippen LogP) is 2.52. The van der Waals surface area contributed by atoms with E-state index in [1.165, 1.54) is 31.2 Å². The maximum atomic E-state index is 6.46. The van der Waals surface area contributed by atoms with Crippen LogP contribution in [0.2, 0.25) is 5.02 Å². The van der Waals surface area contributed by atoms with Crippen LogP contribution in [0.5, 0.6) is 0 Å². The average molecular weight is 309 g/mol. The summed E-state index contributed by atoms with van der Waals surface area (Å²) in [6.45, 7) is 3.17. The first-order chi connectivity index (χ1) is 10.1. The van der Waals surface area contributed by atoms with E-state index < -0.39 is 0 Å². The molecule has 2 fully saturated rings. The molecule has 1 aromatic heterocycles. The topological polar surface area (TPSA) is 31.4 Å². The molecule has 1 aromatic rings. The van der Waals surface area contributed by atoms with Crippen molar-refractivity contribution in [1.29, 1.82) is 0 Å². The Balaban J connectivity index is 1.63. The van der Waals surface area contributed by atoms with Crippen molar-refractivity contribution in [1.82, 2.24) is 15.2 Å². The highest BCUT2D eigenvalue weighted by molar-refractivity contribution is 6.33. The van der Waals surface area contributed by atoms with E-state index in [2.05, 4.69) is 40.3 Å². The zero-order chi connectivity index (χ0) is 14.8. The minimum absolute atomic E-state index is 0.543. The summed E-state index contributed by atoms with van der Waals surface area (Å²) in [6, 6.07) is 3.32. The molecule has 1 N–H and O–H groups in total. The van der Waals surface area contributed by atoms with E-state index in [4.69, 9.17) is 11.6 Å². The third kappa shape index (κ3) is 3.87. The van der Waals surface area contributed by atoms with E-state index in [0.29, 0.717) is 12.1 Å². The summed E-state index contributed by atoms with van der Waals surface area (Å²) in [5.41, 5.74) is 1.17. The van der Waals surface area contributed by atoms with Gasteiger partial charge in [0.15, 0.2) is 0 Å². The Kier molecular flexibility index (Phi) is 4.67. The first-order valence-corrected chi connectivity index (χ1v) is 8.30. The number of nitrogens with zero attached hydrogens (tertiary/aromatic N) is 3. The van der Waals surface area contributed by atoms with E-state index >= 15 is 0 Å². The standard InChI is InChI=1S/C16H25ClN4/c1-20-7-5-14(6-8-20)21(2)16-15(17)9-12(11-19-16)10-18-13-3-4-13/h9,11,13-14,18H,3-8,10H2,1-2H3. The van der Waals surface area contributed by atoms with Gasteiger partial charge < -0.3 is 15.1 Å². The first-order valence-electron chi connectivity index (χ1n) is 7.92. The predicted molar refractivity (Wildman–Crippen MR) is 88.0 cm³/mol. The molecule has 0 atom stereocenters. The molecule has 1 saturated carbocycles. The van der Waals surface area contributed by atoms with Crippen molar-refractivity contribution < 1.29 is 0 Å². The highest BCUT2D eigenvalue weighted by Crippen LogP contribution is 2.28. The van der Waals surface area contributed by atoms with E-state index in [-0.39, 0.29) is 0 Å². The quantitative estimate of drug-likeness (QED) is 0.906. The Labute approximate surface area is 132 Å². The lowest BCUT2D eigenvalue weighted by molar-refractivity contribution is 0.252. The van der Waals surface area contributed by atoms with E-state index in [1.807, 2.05) is 6.20 Å². The van der Waals surface area contributed by atoms with Gasteiger partial charge in [0.05, 0.1) is 5.02 Å². The fourth-order valence-electron chi connectivity index (χ4n) is 2.93. The molecule has 21 heavy (non-hydrogen) atoms. The van der Waals surface area contributed by atoms with Crippen molar-refractivity contribution in [3.8, 4) is 0 Å². The van der Waals surface area contributed by atoms with Crippen LogP contribution in [0.4, 0.5) is 5.82 Å². The summed E-state index contributed by atoms with van der Waals surface area (Å²) in [4.78, 5) is 9.25. The van der Waals surface area contributed by atoms with Crippen molar-refractivity contribution in [2.45, 2.75) is 44.3 Å². The molecule has 2 aliphatic rings. The second kappa shape index (κ2) is 6.51. The third-order valence-electron chi connectivity index (χ3n) is 4.62. The van der Waals surface area contributed by atoms with Crippen molar-refractivity contribution in [3.05, 3.63) is 22.8 Å². The lowest BCUT2D eigenvalue weighted by atomic mass is 10.0. The van der Waals surface area contributed by atoms with E-state index in [1.54, 1.807) is 0 Å². The normalized spacial score (nSPS) is 20.7. The maximum absolute atomic E-state index is 6.46. The molecular formula is C16H25ClN4. The molecule has 4 nitrogen and oxygen atoms in total. The molecule has 116 valence electrons. The van der Waals surface area contributed by atoms with Gasteiger partial charge in [-0.2, -0.15) is 0 Å². The minimum atomic E-state index is 0.543. The Morgan fingerprint density at radius 2 is 2.05 bits per heavy atom. The molecule has 2 heterocycles. The molecule has 1 saturated heterocycles. The maximum Gasteiger partial charge on any atom is 0.147 e. The van der Waals surface area contributed by atoms with Gasteiger partial charge in [-0.25, -0.2) is 4.98 Å². The fraction of sp³-hybridized carbons (Fsp3) is 0.688. The van der Waals surface area contributed by atoms with Crippen molar-refractivity contribution in [2.24, 2.45) is 0 Å². The van der Waals surface area contributed by atoms with E-state index in [0.717, 1.165) is 30.5 Å². The zero-order valence-electron chi connectivity index (χ0n) is 13.0. The van der Waals surface area contributed by atoms with Gasteiger partial charge in [0.1, 0.15) is 5.82 Å². The van der Waals surface area contributed by atoms with Gasteiger partial charge in [0.25, 0.3) is 0 Å². The van der Waals surface area contributed by atoms with Gasteiger partial charge in [0, 0.05) is 31.9 Å². The second-order valence-electron chi connectivity index (χ2n) is 6.45. The number of piperidine rings is 1. The molecule has 0 bridgehead atoms. The monoisotopic (exact) mass is 308 g/mol. The molecule has 0 radical (unpaired) electrons. The fourth-order valence-corrected chi connectivity index (χ4v) is 3.25. The van der Waals surface area contributed by atoms with Crippen LogP contribution in [0.1, 0.15) is 31.2 Å². The van der Waals surface area contributed by atoms with Gasteiger partial charge in [-0.15, -0.1) is 0 Å². The lowest BCUT2D eigenvalue weighted by Crippen LogP contribution is -2.42. The van der Waals surface area contributed by atoms with Crippen LogP contribution in [-0.4, -0.2) is 49.2 Å². The number of likely N-dealkylation sites (tertiary alicyclic amines) is 1. The van der Waals surface area contributed by atoms with Crippen LogP contribution < -0.4 is 10.2 Å². The number of nitrogens with one attached hydrogen (secondary N) is 1. The Bertz CT molecular complexity index is 481. The lowest BCUT2D eigenvalue weighted by Gasteiger charge is -2.36. The third-order valence-corrected chi connectivity index (χ3v) is 4.90. The Morgan fingerprint density at radius 1 is 1.33 bits per heavy atom. The SMILES string of the molecule is CN1CCC(N(C)c2ncc(CNC3CC3)cc2Cl)CC1. The summed E-state index contributed by atoms with van der Waals surface area (Å²) >= 11 is 6.46. The number of halogens is 1. The van der Waals surface area contributed by atoms with Crippen molar-refractivity contribution >= 4 is 17.4 Å². The number of anilines is 1. The zero-order valence-corrected chi connectivity index (χ0v) is 13.7. The number of aromatic nitrogens is 1. The van der Waals surface area contributed by atoms with Gasteiger partial charge in [-0.05, 0) is 57.5 Å². The van der Waals surface area contributed by atoms with Crippen LogP contribution >= 0.6 is 11.6 Å². The smallest absolute Gasteiger partial charge is 0.147 e. The van der Waals surface area contributed by atoms with Crippen LogP contribution in [0.25, 0.3) is 0 Å². The van der Waals surface area contributed by atoms with Crippen molar-refractivity contribution in [2.75, 3.05) is 32.1 Å². The van der Waals surface area contributed by atoms with Crippen LogP contribution in [0, 0.1) is 0 Å². The van der Waals surface area contributed by atoms with Crippen LogP contribution in [-0.2, 0) is 6.54 Å². The Morgan fingerprint density at radius 3 is 2.67 bits per heavy atom. The van der Waals surface area contributed by atoms with Crippen LogP contribution in [0.15, 0.2) is 12.3 Å². The van der Waals surface area contributed by atoms with Crippen LogP contribution in [0.3, 0.4) is 0 Å². The second-order valence-corrected chi connectivity index (χ2v) is 6.86. The first kappa shape index (κ1) is 15.1. The molecule has 0 unspecified atom stereocenters. The van der Waals surface area contributed by atoms with Crippen molar-refractivity contribution in [3.63, 3.8) is 0 Å². The highest BCUT2D eigenvalue weighted by Gasteiger charge is 2.23. The van der Waals surface area contributed by atoms with Gasteiger partial charge >= 0.3 is 0 Å². The molecule has 0 amide bonds. The summed E-state index contributed by atoms with van der Waals surface area (Å²) in [5.74, 6) is 0.918. The number of pyridine rings is 1. The van der Waals surface area contributed by atoms with Gasteiger partial charge in [0.2, 0.25) is 0 Å². The Hall–Kier alpha value is -0.840. The molecule has 3 rings (SSSR count). The minimum Gasteiger partial charge on any atom is -0.355 e. The summed E-state index contributed by atoms with van der Waals surface area (Å²) in [6.07, 6.45) is 6.92. The largest absolute Gasteiger partial charge is 0.355 e. The highest BCUT2D eigenvalue weighted by atomic mass is 35.5. The summed E-state index contributed by atoms with van der Waals surface area (Å²) < 4.78 is 0. The summed E-state index contributed by atoms with van der Waals surface area (Å²) in [7, 11) is 4.30. The molecule has 0 aromatic carbocycles. The molecule has 1 aliphatic carbocycles.